The molecule has 0 bridgehead atoms. The molecule has 96 valence electrons. The first-order valence-corrected chi connectivity index (χ1v) is 7.44. The SMILES string of the molecule is CN1CCCN(C2=Nc3ccccc3S2(=O)=O)C1. The van der Waals surface area contributed by atoms with Crippen molar-refractivity contribution in [1.29, 1.82) is 0 Å². The van der Waals surface area contributed by atoms with Gasteiger partial charge in [-0.15, -0.1) is 0 Å². The zero-order valence-corrected chi connectivity index (χ0v) is 11.0. The number of amidine groups is 1. The highest BCUT2D eigenvalue weighted by atomic mass is 32.2. The van der Waals surface area contributed by atoms with Crippen LogP contribution in [0.15, 0.2) is 34.2 Å². The molecule has 0 unspecified atom stereocenters. The Bertz CT molecular complexity index is 610. The summed E-state index contributed by atoms with van der Waals surface area (Å²) < 4.78 is 24.8. The van der Waals surface area contributed by atoms with Crippen molar-refractivity contribution in [2.45, 2.75) is 11.3 Å². The third kappa shape index (κ3) is 1.72. The van der Waals surface area contributed by atoms with E-state index in [0.29, 0.717) is 17.3 Å². The van der Waals surface area contributed by atoms with Gasteiger partial charge in [0.15, 0.2) is 0 Å². The maximum atomic E-state index is 12.4. The van der Waals surface area contributed by atoms with E-state index < -0.39 is 9.84 Å². The molecule has 1 saturated heterocycles. The van der Waals surface area contributed by atoms with Gasteiger partial charge in [0.25, 0.3) is 0 Å². The lowest BCUT2D eigenvalue weighted by Crippen LogP contribution is -2.47. The number of nitrogens with zero attached hydrogens (tertiary/aromatic N) is 3. The Morgan fingerprint density at radius 3 is 2.72 bits per heavy atom. The number of benzene rings is 1. The van der Waals surface area contributed by atoms with E-state index in [1.54, 1.807) is 18.2 Å². The molecule has 0 aromatic heterocycles. The van der Waals surface area contributed by atoms with Crippen molar-refractivity contribution in [3.8, 4) is 0 Å². The molecule has 0 amide bonds. The second-order valence-electron chi connectivity index (χ2n) is 4.70. The fourth-order valence-electron chi connectivity index (χ4n) is 2.40. The van der Waals surface area contributed by atoms with Gasteiger partial charge in [-0.25, -0.2) is 13.4 Å². The Morgan fingerprint density at radius 1 is 1.22 bits per heavy atom. The van der Waals surface area contributed by atoms with E-state index in [9.17, 15) is 8.42 Å². The summed E-state index contributed by atoms with van der Waals surface area (Å²) >= 11 is 0. The quantitative estimate of drug-likeness (QED) is 0.704. The standard InChI is InChI=1S/C12H15N3O2S/c1-14-7-4-8-15(9-14)12-13-10-5-2-3-6-11(10)18(12,16)17/h2-3,5-6H,4,7-9H2,1H3. The van der Waals surface area contributed by atoms with Gasteiger partial charge in [0.1, 0.15) is 4.90 Å². The molecule has 5 nitrogen and oxygen atoms in total. The van der Waals surface area contributed by atoms with Crippen LogP contribution < -0.4 is 0 Å². The first kappa shape index (κ1) is 11.7. The minimum absolute atomic E-state index is 0.204. The van der Waals surface area contributed by atoms with Gasteiger partial charge in [0, 0.05) is 13.1 Å². The van der Waals surface area contributed by atoms with Gasteiger partial charge in [-0.2, -0.15) is 0 Å². The van der Waals surface area contributed by atoms with E-state index in [2.05, 4.69) is 9.89 Å². The van der Waals surface area contributed by atoms with Gasteiger partial charge in [0.05, 0.1) is 12.4 Å². The van der Waals surface area contributed by atoms with Crippen LogP contribution in [0.25, 0.3) is 0 Å². The Labute approximate surface area is 107 Å². The lowest BCUT2D eigenvalue weighted by atomic mass is 10.3. The lowest BCUT2D eigenvalue weighted by molar-refractivity contribution is 0.172. The lowest BCUT2D eigenvalue weighted by Gasteiger charge is -2.33. The molecule has 0 saturated carbocycles. The molecule has 2 aliphatic rings. The fraction of sp³-hybridized carbons (Fsp3) is 0.417. The molecular formula is C12H15N3O2S. The van der Waals surface area contributed by atoms with Gasteiger partial charge < -0.3 is 4.90 Å². The van der Waals surface area contributed by atoms with Gasteiger partial charge in [-0.1, -0.05) is 12.1 Å². The summed E-state index contributed by atoms with van der Waals surface area (Å²) in [5, 5.41) is 0.204. The van der Waals surface area contributed by atoms with E-state index in [4.69, 9.17) is 0 Å². The number of para-hydroxylation sites is 1. The molecule has 6 heteroatoms. The maximum Gasteiger partial charge on any atom is 0.241 e. The van der Waals surface area contributed by atoms with Crippen LogP contribution >= 0.6 is 0 Å². The normalized spacial score (nSPS) is 22.7. The third-order valence-corrected chi connectivity index (χ3v) is 5.02. The van der Waals surface area contributed by atoms with Crippen LogP contribution in [0.3, 0.4) is 0 Å². The van der Waals surface area contributed by atoms with Gasteiger partial charge >= 0.3 is 0 Å². The van der Waals surface area contributed by atoms with Crippen molar-refractivity contribution < 1.29 is 8.42 Å². The van der Waals surface area contributed by atoms with Crippen LogP contribution in [-0.4, -0.2) is 50.2 Å². The second-order valence-corrected chi connectivity index (χ2v) is 6.52. The van der Waals surface area contributed by atoms with Crippen molar-refractivity contribution in [2.75, 3.05) is 26.8 Å². The first-order chi connectivity index (χ1) is 8.59. The van der Waals surface area contributed by atoms with Crippen LogP contribution in [0.5, 0.6) is 0 Å². The number of hydrogen-bond acceptors (Lipinski definition) is 5. The highest BCUT2D eigenvalue weighted by Crippen LogP contribution is 2.33. The monoisotopic (exact) mass is 265 g/mol. The molecule has 0 N–H and O–H groups in total. The highest BCUT2D eigenvalue weighted by molar-refractivity contribution is 8.06. The molecule has 1 aromatic carbocycles. The average molecular weight is 265 g/mol. The van der Waals surface area contributed by atoms with Crippen molar-refractivity contribution in [2.24, 2.45) is 4.99 Å². The Hall–Kier alpha value is -1.40. The van der Waals surface area contributed by atoms with Crippen LogP contribution in [0.4, 0.5) is 5.69 Å². The molecule has 0 atom stereocenters. The summed E-state index contributed by atoms with van der Waals surface area (Å²) in [6, 6.07) is 6.91. The van der Waals surface area contributed by atoms with Crippen molar-refractivity contribution in [3.63, 3.8) is 0 Å². The average Bonchev–Trinajstić information content (AvgIpc) is 2.62. The maximum absolute atomic E-state index is 12.4. The van der Waals surface area contributed by atoms with Crippen LogP contribution in [-0.2, 0) is 9.84 Å². The topological polar surface area (TPSA) is 53.0 Å². The molecule has 0 aliphatic carbocycles. The van der Waals surface area contributed by atoms with Gasteiger partial charge in [0.2, 0.25) is 15.0 Å². The molecule has 18 heavy (non-hydrogen) atoms. The van der Waals surface area contributed by atoms with Crippen LogP contribution in [0.2, 0.25) is 0 Å². The number of aliphatic imine (C=N–C) groups is 1. The summed E-state index contributed by atoms with van der Waals surface area (Å²) in [4.78, 5) is 8.57. The number of fused-ring (bicyclic) bond motifs is 1. The fourth-order valence-corrected chi connectivity index (χ4v) is 3.95. The Kier molecular flexibility index (Phi) is 2.64. The summed E-state index contributed by atoms with van der Waals surface area (Å²) in [6.45, 7) is 2.36. The Morgan fingerprint density at radius 2 is 2.00 bits per heavy atom. The second kappa shape index (κ2) is 4.07. The minimum Gasteiger partial charge on any atom is -0.334 e. The largest absolute Gasteiger partial charge is 0.334 e. The molecule has 0 spiro atoms. The zero-order chi connectivity index (χ0) is 12.8. The van der Waals surface area contributed by atoms with Gasteiger partial charge in [-0.3, -0.25) is 4.90 Å². The molecular weight excluding hydrogens is 250 g/mol. The highest BCUT2D eigenvalue weighted by Gasteiger charge is 2.36. The van der Waals surface area contributed by atoms with Crippen molar-refractivity contribution in [1.82, 2.24) is 9.80 Å². The van der Waals surface area contributed by atoms with E-state index >= 15 is 0 Å². The first-order valence-electron chi connectivity index (χ1n) is 5.95. The minimum atomic E-state index is -3.42. The summed E-state index contributed by atoms with van der Waals surface area (Å²) in [5.74, 6) is 0. The van der Waals surface area contributed by atoms with E-state index in [0.717, 1.165) is 19.5 Å². The molecule has 2 aliphatic heterocycles. The molecule has 1 fully saturated rings. The predicted octanol–water partition coefficient (Wildman–Crippen LogP) is 1.06. The Balaban J connectivity index is 2.01. The van der Waals surface area contributed by atoms with E-state index in [1.165, 1.54) is 0 Å². The molecule has 2 heterocycles. The van der Waals surface area contributed by atoms with Crippen molar-refractivity contribution >= 4 is 20.7 Å². The van der Waals surface area contributed by atoms with E-state index in [1.807, 2.05) is 18.0 Å². The smallest absolute Gasteiger partial charge is 0.241 e. The molecule has 0 radical (unpaired) electrons. The van der Waals surface area contributed by atoms with Crippen LogP contribution in [0.1, 0.15) is 6.42 Å². The zero-order valence-electron chi connectivity index (χ0n) is 10.2. The molecule has 3 rings (SSSR count). The predicted molar refractivity (Wildman–Crippen MR) is 69.5 cm³/mol. The number of hydrogen-bond donors (Lipinski definition) is 0. The third-order valence-electron chi connectivity index (χ3n) is 3.26. The summed E-state index contributed by atoms with van der Waals surface area (Å²) in [7, 11) is -1.43. The summed E-state index contributed by atoms with van der Waals surface area (Å²) in [6.07, 6.45) is 0.960. The molecule has 1 aromatic rings. The van der Waals surface area contributed by atoms with Gasteiger partial charge in [-0.05, 0) is 25.6 Å². The van der Waals surface area contributed by atoms with Crippen molar-refractivity contribution in [3.05, 3.63) is 24.3 Å². The summed E-state index contributed by atoms with van der Waals surface area (Å²) in [5.41, 5.74) is 0.556. The van der Waals surface area contributed by atoms with Crippen LogP contribution in [0, 0.1) is 0 Å². The number of rotatable bonds is 0. The van der Waals surface area contributed by atoms with E-state index in [-0.39, 0.29) is 5.17 Å². The number of sulfone groups is 1.